The second-order valence-electron chi connectivity index (χ2n) is 4.62. The third-order valence-electron chi connectivity index (χ3n) is 3.46. The van der Waals surface area contributed by atoms with Gasteiger partial charge in [0.1, 0.15) is 5.60 Å². The molecule has 0 aromatic rings. The van der Waals surface area contributed by atoms with Crippen molar-refractivity contribution in [2.24, 2.45) is 5.41 Å². The van der Waals surface area contributed by atoms with E-state index in [0.29, 0.717) is 6.42 Å². The van der Waals surface area contributed by atoms with Crippen LogP contribution in [0, 0.1) is 5.41 Å². The summed E-state index contributed by atoms with van der Waals surface area (Å²) < 4.78 is 5.48. The standard InChI is InChI=1S/C12H24O3/c1-6-11(4,9-13)10(14)15-12(5,7-2)8-3/h13H,6-9H2,1-5H3. The summed E-state index contributed by atoms with van der Waals surface area (Å²) in [6.07, 6.45) is 2.17. The molecule has 3 nitrogen and oxygen atoms in total. The lowest BCUT2D eigenvalue weighted by Crippen LogP contribution is -2.40. The highest BCUT2D eigenvalue weighted by Gasteiger charge is 2.36. The highest BCUT2D eigenvalue weighted by Crippen LogP contribution is 2.28. The van der Waals surface area contributed by atoms with Crippen LogP contribution in [0.5, 0.6) is 0 Å². The van der Waals surface area contributed by atoms with Gasteiger partial charge in [-0.15, -0.1) is 0 Å². The van der Waals surface area contributed by atoms with Gasteiger partial charge in [-0.2, -0.15) is 0 Å². The lowest BCUT2D eigenvalue weighted by atomic mass is 9.88. The highest BCUT2D eigenvalue weighted by atomic mass is 16.6. The van der Waals surface area contributed by atoms with Gasteiger partial charge in [0, 0.05) is 0 Å². The molecule has 0 bridgehead atoms. The van der Waals surface area contributed by atoms with Crippen molar-refractivity contribution in [2.45, 2.75) is 59.5 Å². The van der Waals surface area contributed by atoms with Gasteiger partial charge in [-0.25, -0.2) is 0 Å². The van der Waals surface area contributed by atoms with E-state index < -0.39 is 11.0 Å². The van der Waals surface area contributed by atoms with Crippen molar-refractivity contribution in [3.63, 3.8) is 0 Å². The molecule has 0 aliphatic heterocycles. The maximum absolute atomic E-state index is 11.9. The van der Waals surface area contributed by atoms with Crippen LogP contribution in [0.2, 0.25) is 0 Å². The van der Waals surface area contributed by atoms with E-state index in [9.17, 15) is 9.90 Å². The van der Waals surface area contributed by atoms with Crippen molar-refractivity contribution in [3.05, 3.63) is 0 Å². The number of hydrogen-bond acceptors (Lipinski definition) is 3. The molecule has 0 saturated carbocycles. The first-order valence-corrected chi connectivity index (χ1v) is 5.71. The van der Waals surface area contributed by atoms with Crippen LogP contribution in [0.1, 0.15) is 53.9 Å². The maximum atomic E-state index is 11.9. The van der Waals surface area contributed by atoms with Gasteiger partial charge in [-0.05, 0) is 33.1 Å². The van der Waals surface area contributed by atoms with Crippen LogP contribution in [-0.4, -0.2) is 23.3 Å². The first-order chi connectivity index (χ1) is 6.87. The number of rotatable bonds is 6. The summed E-state index contributed by atoms with van der Waals surface area (Å²) >= 11 is 0. The van der Waals surface area contributed by atoms with E-state index >= 15 is 0 Å². The summed E-state index contributed by atoms with van der Waals surface area (Å²) in [7, 11) is 0. The van der Waals surface area contributed by atoms with Crippen LogP contribution in [0.15, 0.2) is 0 Å². The fourth-order valence-corrected chi connectivity index (χ4v) is 1.06. The lowest BCUT2D eigenvalue weighted by Gasteiger charge is -2.32. The first-order valence-electron chi connectivity index (χ1n) is 5.71. The zero-order valence-corrected chi connectivity index (χ0v) is 10.6. The molecule has 0 aliphatic rings. The van der Waals surface area contributed by atoms with Gasteiger partial charge in [-0.3, -0.25) is 4.79 Å². The van der Waals surface area contributed by atoms with E-state index in [1.54, 1.807) is 6.92 Å². The molecule has 0 radical (unpaired) electrons. The zero-order chi connectivity index (χ0) is 12.1. The molecule has 0 amide bonds. The molecule has 90 valence electrons. The van der Waals surface area contributed by atoms with Gasteiger partial charge in [0.25, 0.3) is 0 Å². The van der Waals surface area contributed by atoms with Gasteiger partial charge in [0.2, 0.25) is 0 Å². The van der Waals surface area contributed by atoms with E-state index in [1.165, 1.54) is 0 Å². The summed E-state index contributed by atoms with van der Waals surface area (Å²) in [6, 6.07) is 0. The van der Waals surface area contributed by atoms with Crippen molar-refractivity contribution in [3.8, 4) is 0 Å². The monoisotopic (exact) mass is 216 g/mol. The molecule has 0 saturated heterocycles. The van der Waals surface area contributed by atoms with Crippen LogP contribution >= 0.6 is 0 Å². The van der Waals surface area contributed by atoms with Crippen LogP contribution < -0.4 is 0 Å². The maximum Gasteiger partial charge on any atom is 0.314 e. The Morgan fingerprint density at radius 1 is 1.13 bits per heavy atom. The lowest BCUT2D eigenvalue weighted by molar-refractivity contribution is -0.173. The minimum Gasteiger partial charge on any atom is -0.459 e. The van der Waals surface area contributed by atoms with E-state index in [2.05, 4.69) is 0 Å². The molecule has 15 heavy (non-hydrogen) atoms. The van der Waals surface area contributed by atoms with Crippen LogP contribution in [0.25, 0.3) is 0 Å². The Labute approximate surface area is 92.8 Å². The molecule has 1 unspecified atom stereocenters. The van der Waals surface area contributed by atoms with Crippen LogP contribution in [0.4, 0.5) is 0 Å². The Kier molecular flexibility index (Phi) is 5.29. The Balaban J connectivity index is 4.60. The van der Waals surface area contributed by atoms with Crippen LogP contribution in [-0.2, 0) is 9.53 Å². The summed E-state index contributed by atoms with van der Waals surface area (Å²) in [4.78, 5) is 11.9. The van der Waals surface area contributed by atoms with Crippen molar-refractivity contribution in [1.82, 2.24) is 0 Å². The van der Waals surface area contributed by atoms with E-state index in [0.717, 1.165) is 12.8 Å². The average molecular weight is 216 g/mol. The van der Waals surface area contributed by atoms with E-state index in [1.807, 2.05) is 27.7 Å². The summed E-state index contributed by atoms with van der Waals surface area (Å²) in [5, 5.41) is 9.20. The third kappa shape index (κ3) is 3.49. The van der Waals surface area contributed by atoms with Crippen molar-refractivity contribution in [2.75, 3.05) is 6.61 Å². The largest absolute Gasteiger partial charge is 0.459 e. The molecule has 0 aromatic heterocycles. The first kappa shape index (κ1) is 14.4. The number of carbonyl (C=O) groups excluding carboxylic acids is 1. The summed E-state index contributed by atoms with van der Waals surface area (Å²) in [6.45, 7) is 9.38. The number of ether oxygens (including phenoxy) is 1. The van der Waals surface area contributed by atoms with Crippen molar-refractivity contribution in [1.29, 1.82) is 0 Å². The quantitative estimate of drug-likeness (QED) is 0.694. The molecule has 0 aromatic carbocycles. The minimum absolute atomic E-state index is 0.161. The number of hydrogen-bond donors (Lipinski definition) is 1. The number of carbonyl (C=O) groups is 1. The van der Waals surface area contributed by atoms with Gasteiger partial charge in [0.15, 0.2) is 0 Å². The SMILES string of the molecule is CCC(C)(CC)OC(=O)C(C)(CC)CO. The van der Waals surface area contributed by atoms with E-state index in [-0.39, 0.29) is 12.6 Å². The molecule has 0 aliphatic carbocycles. The molecular weight excluding hydrogens is 192 g/mol. The fourth-order valence-electron chi connectivity index (χ4n) is 1.06. The predicted octanol–water partition coefficient (Wildman–Crippen LogP) is 2.52. The Hall–Kier alpha value is -0.570. The van der Waals surface area contributed by atoms with Crippen molar-refractivity contribution >= 4 is 5.97 Å². The number of esters is 1. The summed E-state index contributed by atoms with van der Waals surface area (Å²) in [5.41, 5.74) is -1.16. The van der Waals surface area contributed by atoms with Gasteiger partial charge < -0.3 is 9.84 Å². The van der Waals surface area contributed by atoms with Crippen molar-refractivity contribution < 1.29 is 14.6 Å². The molecule has 1 atom stereocenters. The van der Waals surface area contributed by atoms with Gasteiger partial charge in [-0.1, -0.05) is 20.8 Å². The smallest absolute Gasteiger partial charge is 0.314 e. The Morgan fingerprint density at radius 2 is 1.60 bits per heavy atom. The van der Waals surface area contributed by atoms with E-state index in [4.69, 9.17) is 4.74 Å². The molecule has 0 heterocycles. The Morgan fingerprint density at radius 3 is 1.87 bits per heavy atom. The minimum atomic E-state index is -0.758. The molecule has 0 rings (SSSR count). The molecule has 1 N–H and O–H groups in total. The number of aliphatic hydroxyl groups excluding tert-OH is 1. The topological polar surface area (TPSA) is 46.5 Å². The molecule has 0 spiro atoms. The van der Waals surface area contributed by atoms with Gasteiger partial charge in [0.05, 0.1) is 12.0 Å². The average Bonchev–Trinajstić information content (AvgIpc) is 2.27. The summed E-state index contributed by atoms with van der Waals surface area (Å²) in [5.74, 6) is -0.293. The fraction of sp³-hybridized carbons (Fsp3) is 0.917. The van der Waals surface area contributed by atoms with Gasteiger partial charge >= 0.3 is 5.97 Å². The second-order valence-corrected chi connectivity index (χ2v) is 4.62. The predicted molar refractivity (Wildman–Crippen MR) is 60.6 cm³/mol. The highest BCUT2D eigenvalue weighted by molar-refractivity contribution is 5.76. The Bertz CT molecular complexity index is 203. The second kappa shape index (κ2) is 5.50. The third-order valence-corrected chi connectivity index (χ3v) is 3.46. The molecular formula is C12H24O3. The van der Waals surface area contributed by atoms with Crippen LogP contribution in [0.3, 0.4) is 0 Å². The zero-order valence-electron chi connectivity index (χ0n) is 10.6. The normalized spacial score (nSPS) is 15.9. The molecule has 3 heteroatoms. The molecule has 0 fully saturated rings. The number of aliphatic hydroxyl groups is 1.